The minimum Gasteiger partial charge on any atom is -0.249 e. The number of aryl methyl sites for hydroxylation is 1. The zero-order chi connectivity index (χ0) is 20.4. The first-order chi connectivity index (χ1) is 13.1. The Labute approximate surface area is 160 Å². The van der Waals surface area contributed by atoms with Crippen molar-refractivity contribution in [1.82, 2.24) is 19.5 Å². The standard InChI is InChI=1S/C18H17F3N4O2S/c1-13-2-7-16(8-17(13)18(19,20)21)28(26,27)24-9-14-3-5-15(6-4-14)10-25-12-22-11-23-25/h2-8,11-12,24H,9-10H2,1H3. The number of nitrogens with zero attached hydrogens (tertiary/aromatic N) is 3. The Kier molecular flexibility index (Phi) is 5.52. The predicted octanol–water partition coefficient (Wildman–Crippen LogP) is 3.13. The molecule has 1 aromatic heterocycles. The fourth-order valence-electron chi connectivity index (χ4n) is 2.60. The summed E-state index contributed by atoms with van der Waals surface area (Å²) in [6, 6.07) is 10.1. The number of rotatable bonds is 6. The normalized spacial score (nSPS) is 12.3. The minimum absolute atomic E-state index is 0.0329. The molecule has 148 valence electrons. The number of sulfonamides is 1. The number of nitrogens with one attached hydrogen (secondary N) is 1. The van der Waals surface area contributed by atoms with Crippen LogP contribution >= 0.6 is 0 Å². The van der Waals surface area contributed by atoms with Gasteiger partial charge < -0.3 is 0 Å². The number of aromatic nitrogens is 3. The van der Waals surface area contributed by atoms with Gasteiger partial charge >= 0.3 is 6.18 Å². The van der Waals surface area contributed by atoms with E-state index >= 15 is 0 Å². The second kappa shape index (κ2) is 7.72. The second-order valence-corrected chi connectivity index (χ2v) is 7.98. The van der Waals surface area contributed by atoms with Gasteiger partial charge in [-0.1, -0.05) is 30.3 Å². The predicted molar refractivity (Wildman–Crippen MR) is 95.8 cm³/mol. The maximum atomic E-state index is 13.0. The largest absolute Gasteiger partial charge is 0.416 e. The number of benzene rings is 2. The summed E-state index contributed by atoms with van der Waals surface area (Å²) < 4.78 is 67.8. The minimum atomic E-state index is -4.62. The van der Waals surface area contributed by atoms with Gasteiger partial charge in [0.15, 0.2) is 0 Å². The Morgan fingerprint density at radius 1 is 1.07 bits per heavy atom. The van der Waals surface area contributed by atoms with Gasteiger partial charge in [-0.25, -0.2) is 22.8 Å². The Morgan fingerprint density at radius 2 is 1.75 bits per heavy atom. The molecular weight excluding hydrogens is 393 g/mol. The summed E-state index contributed by atoms with van der Waals surface area (Å²) in [5.74, 6) is 0. The van der Waals surface area contributed by atoms with Crippen LogP contribution in [-0.4, -0.2) is 23.2 Å². The van der Waals surface area contributed by atoms with E-state index in [-0.39, 0.29) is 12.1 Å². The molecule has 0 atom stereocenters. The van der Waals surface area contributed by atoms with E-state index in [1.165, 1.54) is 13.3 Å². The first-order valence-corrected chi connectivity index (χ1v) is 9.71. The SMILES string of the molecule is Cc1ccc(S(=O)(=O)NCc2ccc(Cn3cncn3)cc2)cc1C(F)(F)F. The van der Waals surface area contributed by atoms with Crippen LogP contribution < -0.4 is 4.72 Å². The summed E-state index contributed by atoms with van der Waals surface area (Å²) in [6.07, 6.45) is -1.60. The topological polar surface area (TPSA) is 76.9 Å². The Morgan fingerprint density at radius 3 is 2.36 bits per heavy atom. The lowest BCUT2D eigenvalue weighted by Gasteiger charge is -2.13. The van der Waals surface area contributed by atoms with Crippen molar-refractivity contribution in [2.75, 3.05) is 0 Å². The molecule has 0 bridgehead atoms. The van der Waals surface area contributed by atoms with E-state index in [0.717, 1.165) is 17.7 Å². The van der Waals surface area contributed by atoms with Gasteiger partial charge in [0.1, 0.15) is 12.7 Å². The first-order valence-electron chi connectivity index (χ1n) is 8.23. The number of alkyl halides is 3. The van der Waals surface area contributed by atoms with Gasteiger partial charge in [0.05, 0.1) is 17.0 Å². The average Bonchev–Trinajstić information content (AvgIpc) is 3.13. The highest BCUT2D eigenvalue weighted by atomic mass is 32.2. The monoisotopic (exact) mass is 410 g/mol. The molecule has 0 aliphatic carbocycles. The van der Waals surface area contributed by atoms with Crippen molar-refractivity contribution in [2.24, 2.45) is 0 Å². The molecule has 1 heterocycles. The molecule has 28 heavy (non-hydrogen) atoms. The lowest BCUT2D eigenvalue weighted by molar-refractivity contribution is -0.138. The van der Waals surface area contributed by atoms with Crippen LogP contribution in [0.4, 0.5) is 13.2 Å². The van der Waals surface area contributed by atoms with Crippen LogP contribution in [0.5, 0.6) is 0 Å². The van der Waals surface area contributed by atoms with Gasteiger partial charge in [-0.2, -0.15) is 18.3 Å². The van der Waals surface area contributed by atoms with E-state index in [0.29, 0.717) is 18.2 Å². The molecule has 0 saturated carbocycles. The van der Waals surface area contributed by atoms with Crippen molar-refractivity contribution in [3.63, 3.8) is 0 Å². The van der Waals surface area contributed by atoms with Gasteiger partial charge in [-0.3, -0.25) is 0 Å². The fourth-order valence-corrected chi connectivity index (χ4v) is 3.64. The summed E-state index contributed by atoms with van der Waals surface area (Å²) in [5, 5.41) is 4.00. The molecule has 0 fully saturated rings. The highest BCUT2D eigenvalue weighted by molar-refractivity contribution is 7.89. The summed E-state index contributed by atoms with van der Waals surface area (Å²) in [5.41, 5.74) is 0.627. The van der Waals surface area contributed by atoms with Crippen molar-refractivity contribution in [3.8, 4) is 0 Å². The number of hydrogen-bond donors (Lipinski definition) is 1. The van der Waals surface area contributed by atoms with Crippen LogP contribution in [-0.2, 0) is 29.3 Å². The Balaban J connectivity index is 1.70. The highest BCUT2D eigenvalue weighted by Crippen LogP contribution is 2.33. The number of hydrogen-bond acceptors (Lipinski definition) is 4. The van der Waals surface area contributed by atoms with E-state index in [9.17, 15) is 21.6 Å². The fraction of sp³-hybridized carbons (Fsp3) is 0.222. The molecular formula is C18H17F3N4O2S. The molecule has 2 aromatic carbocycles. The summed E-state index contributed by atoms with van der Waals surface area (Å²) in [6.45, 7) is 1.77. The van der Waals surface area contributed by atoms with Crippen molar-refractivity contribution >= 4 is 10.0 Å². The summed E-state index contributed by atoms with van der Waals surface area (Å²) in [4.78, 5) is 3.43. The molecule has 0 radical (unpaired) electrons. The molecule has 0 unspecified atom stereocenters. The number of halogens is 3. The van der Waals surface area contributed by atoms with Crippen molar-refractivity contribution < 1.29 is 21.6 Å². The molecule has 3 aromatic rings. The zero-order valence-electron chi connectivity index (χ0n) is 14.8. The average molecular weight is 410 g/mol. The van der Waals surface area contributed by atoms with Gasteiger partial charge in [0.2, 0.25) is 10.0 Å². The maximum Gasteiger partial charge on any atom is 0.416 e. The Hall–Kier alpha value is -2.72. The van der Waals surface area contributed by atoms with Crippen LogP contribution in [0.3, 0.4) is 0 Å². The molecule has 0 spiro atoms. The molecule has 3 rings (SSSR count). The molecule has 0 aliphatic heterocycles. The third-order valence-electron chi connectivity index (χ3n) is 4.13. The summed E-state index contributed by atoms with van der Waals surface area (Å²) in [7, 11) is -4.08. The van der Waals surface area contributed by atoms with Crippen molar-refractivity contribution in [2.45, 2.75) is 31.1 Å². The van der Waals surface area contributed by atoms with Crippen LogP contribution in [0, 0.1) is 6.92 Å². The van der Waals surface area contributed by atoms with Crippen LogP contribution in [0.1, 0.15) is 22.3 Å². The van der Waals surface area contributed by atoms with E-state index in [1.807, 2.05) is 12.1 Å². The lowest BCUT2D eigenvalue weighted by atomic mass is 10.1. The van der Waals surface area contributed by atoms with E-state index < -0.39 is 26.7 Å². The van der Waals surface area contributed by atoms with Crippen LogP contribution in [0.2, 0.25) is 0 Å². The zero-order valence-corrected chi connectivity index (χ0v) is 15.6. The van der Waals surface area contributed by atoms with Gasteiger partial charge in [-0.15, -0.1) is 0 Å². The van der Waals surface area contributed by atoms with Crippen molar-refractivity contribution in [3.05, 3.63) is 77.4 Å². The molecule has 0 aliphatic rings. The van der Waals surface area contributed by atoms with Crippen LogP contribution in [0.15, 0.2) is 60.0 Å². The van der Waals surface area contributed by atoms with E-state index in [2.05, 4.69) is 14.8 Å². The van der Waals surface area contributed by atoms with Gasteiger partial charge in [0, 0.05) is 6.54 Å². The molecule has 1 N–H and O–H groups in total. The Bertz CT molecular complexity index is 1050. The van der Waals surface area contributed by atoms with Crippen molar-refractivity contribution in [1.29, 1.82) is 0 Å². The highest BCUT2D eigenvalue weighted by Gasteiger charge is 2.33. The smallest absolute Gasteiger partial charge is 0.249 e. The lowest BCUT2D eigenvalue weighted by Crippen LogP contribution is -2.24. The third kappa shape index (κ3) is 4.76. The quantitative estimate of drug-likeness (QED) is 0.677. The summed E-state index contributed by atoms with van der Waals surface area (Å²) >= 11 is 0. The van der Waals surface area contributed by atoms with E-state index in [1.54, 1.807) is 23.1 Å². The van der Waals surface area contributed by atoms with Crippen LogP contribution in [0.25, 0.3) is 0 Å². The molecule has 0 saturated heterocycles. The molecule has 0 amide bonds. The van der Waals surface area contributed by atoms with Gasteiger partial charge in [-0.05, 0) is 35.7 Å². The molecule has 6 nitrogen and oxygen atoms in total. The maximum absolute atomic E-state index is 13.0. The van der Waals surface area contributed by atoms with Gasteiger partial charge in [0.25, 0.3) is 0 Å². The second-order valence-electron chi connectivity index (χ2n) is 6.21. The third-order valence-corrected chi connectivity index (χ3v) is 5.52. The van der Waals surface area contributed by atoms with E-state index in [4.69, 9.17) is 0 Å². The molecule has 10 heteroatoms. The first kappa shape index (κ1) is 20.0.